The number of para-hydroxylation sites is 1. The second kappa shape index (κ2) is 3.49. The van der Waals surface area contributed by atoms with Gasteiger partial charge in [-0.2, -0.15) is 5.10 Å². The number of hydrogen-bond acceptors (Lipinski definition) is 3. The lowest BCUT2D eigenvalue weighted by molar-refractivity contribution is 0.795. The summed E-state index contributed by atoms with van der Waals surface area (Å²) >= 11 is 0. The standard InChI is InChI=1S/C12H13N5O/c1-16-9-5-3-4-7(8-6-14-15-11(8)13)10(9)17(2)12(16)18/h3-6H,1-2H3,(H3,13,14,15). The number of aromatic nitrogens is 4. The zero-order valence-corrected chi connectivity index (χ0v) is 10.1. The van der Waals surface area contributed by atoms with Crippen LogP contribution in [0.2, 0.25) is 0 Å². The number of fused-ring (bicyclic) bond motifs is 1. The molecule has 3 N–H and O–H groups in total. The summed E-state index contributed by atoms with van der Waals surface area (Å²) < 4.78 is 3.24. The van der Waals surface area contributed by atoms with Crippen molar-refractivity contribution in [2.75, 3.05) is 5.73 Å². The molecule has 92 valence electrons. The van der Waals surface area contributed by atoms with E-state index in [9.17, 15) is 4.79 Å². The Bertz CT molecular complexity index is 793. The molecule has 6 heteroatoms. The van der Waals surface area contributed by atoms with Crippen molar-refractivity contribution in [2.45, 2.75) is 0 Å². The molecule has 0 bridgehead atoms. The Morgan fingerprint density at radius 1 is 1.22 bits per heavy atom. The van der Waals surface area contributed by atoms with Gasteiger partial charge in [0.25, 0.3) is 0 Å². The van der Waals surface area contributed by atoms with Gasteiger partial charge < -0.3 is 5.73 Å². The number of nitrogens with one attached hydrogen (secondary N) is 1. The minimum atomic E-state index is -0.0560. The second-order valence-electron chi connectivity index (χ2n) is 4.27. The van der Waals surface area contributed by atoms with Gasteiger partial charge in [-0.25, -0.2) is 4.79 Å². The summed E-state index contributed by atoms with van der Waals surface area (Å²) in [5, 5.41) is 6.63. The van der Waals surface area contributed by atoms with Crippen LogP contribution in [0.3, 0.4) is 0 Å². The molecule has 3 aromatic rings. The fourth-order valence-electron chi connectivity index (χ4n) is 2.31. The predicted molar refractivity (Wildman–Crippen MR) is 70.2 cm³/mol. The van der Waals surface area contributed by atoms with Crippen LogP contribution in [0.25, 0.3) is 22.2 Å². The van der Waals surface area contributed by atoms with Crippen LogP contribution in [0.15, 0.2) is 29.2 Å². The maximum absolute atomic E-state index is 12.0. The maximum atomic E-state index is 12.0. The van der Waals surface area contributed by atoms with Crippen LogP contribution < -0.4 is 11.4 Å². The van der Waals surface area contributed by atoms with E-state index in [2.05, 4.69) is 10.2 Å². The number of benzene rings is 1. The highest BCUT2D eigenvalue weighted by atomic mass is 16.1. The van der Waals surface area contributed by atoms with Crippen LogP contribution in [0.5, 0.6) is 0 Å². The highest BCUT2D eigenvalue weighted by Gasteiger charge is 2.14. The van der Waals surface area contributed by atoms with Gasteiger partial charge in [0.05, 0.1) is 17.2 Å². The molecule has 0 amide bonds. The van der Waals surface area contributed by atoms with E-state index in [1.54, 1.807) is 29.4 Å². The molecule has 18 heavy (non-hydrogen) atoms. The molecule has 0 saturated heterocycles. The van der Waals surface area contributed by atoms with Crippen LogP contribution >= 0.6 is 0 Å². The van der Waals surface area contributed by atoms with Gasteiger partial charge in [-0.15, -0.1) is 0 Å². The van der Waals surface area contributed by atoms with Gasteiger partial charge in [0.2, 0.25) is 0 Å². The van der Waals surface area contributed by atoms with E-state index in [4.69, 9.17) is 5.73 Å². The molecule has 2 aromatic heterocycles. The van der Waals surface area contributed by atoms with Crippen LogP contribution in [0, 0.1) is 0 Å². The SMILES string of the molecule is Cn1c(=O)n(C)c2c(-c3cn[nH]c3N)cccc21. The van der Waals surface area contributed by atoms with Gasteiger partial charge in [0.15, 0.2) is 0 Å². The molecule has 6 nitrogen and oxygen atoms in total. The number of rotatable bonds is 1. The van der Waals surface area contributed by atoms with E-state index in [1.807, 2.05) is 18.2 Å². The summed E-state index contributed by atoms with van der Waals surface area (Å²) in [5.74, 6) is 0.499. The first-order valence-electron chi connectivity index (χ1n) is 5.55. The number of imidazole rings is 1. The fourth-order valence-corrected chi connectivity index (χ4v) is 2.31. The number of nitrogen functional groups attached to an aromatic ring is 1. The number of H-pyrrole nitrogens is 1. The zero-order valence-electron chi connectivity index (χ0n) is 10.1. The van der Waals surface area contributed by atoms with Gasteiger partial charge in [-0.05, 0) is 6.07 Å². The van der Waals surface area contributed by atoms with Crippen molar-refractivity contribution < 1.29 is 0 Å². The molecule has 0 atom stereocenters. The molecule has 2 heterocycles. The first-order chi connectivity index (χ1) is 8.61. The van der Waals surface area contributed by atoms with Crippen LogP contribution in [0.4, 0.5) is 5.82 Å². The van der Waals surface area contributed by atoms with Crippen molar-refractivity contribution in [1.82, 2.24) is 19.3 Å². The van der Waals surface area contributed by atoms with E-state index in [0.717, 1.165) is 22.2 Å². The van der Waals surface area contributed by atoms with Gasteiger partial charge in [-0.1, -0.05) is 12.1 Å². The molecule has 0 radical (unpaired) electrons. The van der Waals surface area contributed by atoms with E-state index >= 15 is 0 Å². The number of aromatic amines is 1. The third-order valence-corrected chi connectivity index (χ3v) is 3.24. The van der Waals surface area contributed by atoms with Crippen molar-refractivity contribution in [3.8, 4) is 11.1 Å². The largest absolute Gasteiger partial charge is 0.384 e. The summed E-state index contributed by atoms with van der Waals surface area (Å²) in [6.45, 7) is 0. The number of nitrogens with two attached hydrogens (primary N) is 1. The normalized spacial score (nSPS) is 11.2. The lowest BCUT2D eigenvalue weighted by Crippen LogP contribution is -2.19. The van der Waals surface area contributed by atoms with E-state index in [0.29, 0.717) is 5.82 Å². The summed E-state index contributed by atoms with van der Waals surface area (Å²) in [7, 11) is 3.51. The van der Waals surface area contributed by atoms with Crippen molar-refractivity contribution >= 4 is 16.9 Å². The molecule has 0 aliphatic carbocycles. The van der Waals surface area contributed by atoms with Gasteiger partial charge in [-0.3, -0.25) is 14.2 Å². The van der Waals surface area contributed by atoms with Crippen molar-refractivity contribution in [2.24, 2.45) is 14.1 Å². The molecular weight excluding hydrogens is 230 g/mol. The summed E-state index contributed by atoms with van der Waals surface area (Å²) in [6.07, 6.45) is 1.67. The number of nitrogens with zero attached hydrogens (tertiary/aromatic N) is 3. The lowest BCUT2D eigenvalue weighted by atomic mass is 10.1. The van der Waals surface area contributed by atoms with Crippen molar-refractivity contribution in [1.29, 1.82) is 0 Å². The Labute approximate surface area is 103 Å². The van der Waals surface area contributed by atoms with E-state index < -0.39 is 0 Å². The van der Waals surface area contributed by atoms with Gasteiger partial charge in [0.1, 0.15) is 5.82 Å². The molecular formula is C12H13N5O. The van der Waals surface area contributed by atoms with Crippen LogP contribution in [-0.2, 0) is 14.1 Å². The molecule has 0 unspecified atom stereocenters. The molecule has 0 fully saturated rings. The second-order valence-corrected chi connectivity index (χ2v) is 4.27. The summed E-state index contributed by atoms with van der Waals surface area (Å²) in [5.41, 5.74) is 9.23. The average Bonchev–Trinajstić information content (AvgIpc) is 2.89. The topological polar surface area (TPSA) is 81.6 Å². The molecule has 0 spiro atoms. The first kappa shape index (κ1) is 10.6. The Kier molecular flexibility index (Phi) is 2.07. The van der Waals surface area contributed by atoms with Crippen molar-refractivity contribution in [3.63, 3.8) is 0 Å². The fraction of sp³-hybridized carbons (Fsp3) is 0.167. The smallest absolute Gasteiger partial charge is 0.328 e. The zero-order chi connectivity index (χ0) is 12.9. The Morgan fingerprint density at radius 3 is 2.67 bits per heavy atom. The first-order valence-corrected chi connectivity index (χ1v) is 5.55. The number of hydrogen-bond donors (Lipinski definition) is 2. The number of anilines is 1. The van der Waals surface area contributed by atoms with Crippen LogP contribution in [-0.4, -0.2) is 19.3 Å². The van der Waals surface area contributed by atoms with Gasteiger partial charge in [0, 0.05) is 25.2 Å². The van der Waals surface area contributed by atoms with Gasteiger partial charge >= 0.3 is 5.69 Å². The maximum Gasteiger partial charge on any atom is 0.328 e. The molecule has 0 saturated carbocycles. The van der Waals surface area contributed by atoms with E-state index in [1.165, 1.54) is 0 Å². The lowest BCUT2D eigenvalue weighted by Gasteiger charge is -2.03. The number of aryl methyl sites for hydroxylation is 2. The Hall–Kier alpha value is -2.50. The minimum Gasteiger partial charge on any atom is -0.384 e. The highest BCUT2D eigenvalue weighted by Crippen LogP contribution is 2.30. The monoisotopic (exact) mass is 243 g/mol. The molecule has 0 aliphatic heterocycles. The third-order valence-electron chi connectivity index (χ3n) is 3.24. The Morgan fingerprint density at radius 2 is 2.00 bits per heavy atom. The van der Waals surface area contributed by atoms with Crippen LogP contribution in [0.1, 0.15) is 0 Å². The molecule has 1 aromatic carbocycles. The molecule has 0 aliphatic rings. The minimum absolute atomic E-state index is 0.0560. The third kappa shape index (κ3) is 1.22. The average molecular weight is 243 g/mol. The molecule has 3 rings (SSSR count). The summed E-state index contributed by atoms with van der Waals surface area (Å²) in [6, 6.07) is 5.75. The predicted octanol–water partition coefficient (Wildman–Crippen LogP) is 0.849. The quantitative estimate of drug-likeness (QED) is 0.664. The Balaban J connectivity index is 2.49. The van der Waals surface area contributed by atoms with Crippen molar-refractivity contribution in [3.05, 3.63) is 34.9 Å². The highest BCUT2D eigenvalue weighted by molar-refractivity contribution is 5.95. The van der Waals surface area contributed by atoms with E-state index in [-0.39, 0.29) is 5.69 Å². The summed E-state index contributed by atoms with van der Waals surface area (Å²) in [4.78, 5) is 12.0.